The molecule has 0 fully saturated rings. The smallest absolute Gasteiger partial charge is 0.0540 e. The van der Waals surface area contributed by atoms with E-state index in [1.54, 1.807) is 0 Å². The molecule has 48 heavy (non-hydrogen) atoms. The number of para-hydroxylation sites is 2. The van der Waals surface area contributed by atoms with Gasteiger partial charge in [0.2, 0.25) is 0 Å². The number of hydrogen-bond donors (Lipinski definition) is 0. The van der Waals surface area contributed by atoms with Crippen LogP contribution in [0, 0.1) is 27.7 Å². The summed E-state index contributed by atoms with van der Waals surface area (Å²) in [6.07, 6.45) is 0. The van der Waals surface area contributed by atoms with Gasteiger partial charge in [0, 0.05) is 33.5 Å². The first-order valence-corrected chi connectivity index (χ1v) is 16.8. The first-order chi connectivity index (χ1) is 23.5. The van der Waals surface area contributed by atoms with Crippen molar-refractivity contribution in [2.75, 3.05) is 0 Å². The van der Waals surface area contributed by atoms with E-state index >= 15 is 0 Å². The van der Waals surface area contributed by atoms with E-state index < -0.39 is 0 Å². The monoisotopic (exact) mass is 616 g/mol. The van der Waals surface area contributed by atoms with Gasteiger partial charge in [-0.3, -0.25) is 0 Å². The van der Waals surface area contributed by atoms with Gasteiger partial charge in [0.15, 0.2) is 0 Å². The summed E-state index contributed by atoms with van der Waals surface area (Å²) in [6, 6.07) is 53.4. The quantitative estimate of drug-likeness (QED) is 0.174. The molecule has 0 saturated heterocycles. The van der Waals surface area contributed by atoms with Gasteiger partial charge in [-0.05, 0) is 131 Å². The minimum Gasteiger partial charge on any atom is -0.314 e. The molecule has 0 spiro atoms. The van der Waals surface area contributed by atoms with Crippen molar-refractivity contribution in [1.29, 1.82) is 0 Å². The average Bonchev–Trinajstić information content (AvgIpc) is 3.53. The Morgan fingerprint density at radius 3 is 1.00 bits per heavy atom. The summed E-state index contributed by atoms with van der Waals surface area (Å²) < 4.78 is 4.86. The number of hydrogen-bond acceptors (Lipinski definition) is 0. The zero-order chi connectivity index (χ0) is 32.5. The summed E-state index contributed by atoms with van der Waals surface area (Å²) >= 11 is 0. The maximum Gasteiger partial charge on any atom is 0.0540 e. The number of benzene rings is 7. The first kappa shape index (κ1) is 28.4. The number of rotatable bonds is 4. The van der Waals surface area contributed by atoms with Crippen molar-refractivity contribution in [2.24, 2.45) is 0 Å². The Hall–Kier alpha value is -5.86. The van der Waals surface area contributed by atoms with E-state index in [4.69, 9.17) is 0 Å². The van der Waals surface area contributed by atoms with Crippen LogP contribution in [0.4, 0.5) is 0 Å². The highest BCUT2D eigenvalue weighted by molar-refractivity contribution is 6.25. The number of aromatic nitrogens is 2. The summed E-state index contributed by atoms with van der Waals surface area (Å²) in [5.41, 5.74) is 15.1. The lowest BCUT2D eigenvalue weighted by Crippen LogP contribution is -1.97. The average molecular weight is 617 g/mol. The van der Waals surface area contributed by atoms with Crippen molar-refractivity contribution in [3.8, 4) is 33.6 Å². The number of fused-ring (bicyclic) bond motifs is 4. The third kappa shape index (κ3) is 4.12. The van der Waals surface area contributed by atoms with E-state index in [1.165, 1.54) is 99.5 Å². The van der Waals surface area contributed by atoms with Crippen molar-refractivity contribution < 1.29 is 0 Å². The number of aryl methyl sites for hydroxylation is 2. The van der Waals surface area contributed by atoms with Crippen LogP contribution in [0.2, 0.25) is 0 Å². The maximum atomic E-state index is 2.47. The van der Waals surface area contributed by atoms with Crippen LogP contribution in [-0.4, -0.2) is 9.13 Å². The molecule has 0 aliphatic heterocycles. The fourth-order valence-electron chi connectivity index (χ4n) is 8.00. The largest absolute Gasteiger partial charge is 0.314 e. The van der Waals surface area contributed by atoms with Crippen molar-refractivity contribution >= 4 is 43.4 Å². The molecule has 0 saturated carbocycles. The summed E-state index contributed by atoms with van der Waals surface area (Å²) in [4.78, 5) is 0. The lowest BCUT2D eigenvalue weighted by Gasteiger charge is -2.19. The summed E-state index contributed by atoms with van der Waals surface area (Å²) in [5.74, 6) is 0. The molecular formula is C46H36N2. The summed E-state index contributed by atoms with van der Waals surface area (Å²) in [6.45, 7) is 9.04. The molecule has 9 aromatic rings. The van der Waals surface area contributed by atoms with Crippen LogP contribution in [0.3, 0.4) is 0 Å². The second-order valence-electron chi connectivity index (χ2n) is 13.1. The molecule has 0 amide bonds. The third-order valence-corrected chi connectivity index (χ3v) is 10.5. The SMILES string of the molecule is Cc1c(C)n(-c2ccccc2)c2cc3c(-c4ccccc4)c4cc5c(C)c(C)n(-c6ccccc6)c5cc4c(-c4ccccc4)c3cc12. The van der Waals surface area contributed by atoms with Gasteiger partial charge in [0.25, 0.3) is 0 Å². The van der Waals surface area contributed by atoms with Crippen molar-refractivity contribution in [2.45, 2.75) is 27.7 Å². The zero-order valence-corrected chi connectivity index (χ0v) is 27.8. The van der Waals surface area contributed by atoms with Crippen molar-refractivity contribution in [3.63, 3.8) is 0 Å². The van der Waals surface area contributed by atoms with Gasteiger partial charge in [-0.1, -0.05) is 97.1 Å². The Labute approximate surface area is 281 Å². The minimum absolute atomic E-state index is 1.19. The Morgan fingerprint density at radius 2 is 0.646 bits per heavy atom. The van der Waals surface area contributed by atoms with Gasteiger partial charge < -0.3 is 9.13 Å². The minimum atomic E-state index is 1.19. The highest BCUT2D eigenvalue weighted by atomic mass is 15.0. The van der Waals surface area contributed by atoms with Crippen LogP contribution in [0.25, 0.3) is 77.0 Å². The second-order valence-corrected chi connectivity index (χ2v) is 13.1. The number of nitrogens with zero attached hydrogens (tertiary/aromatic N) is 2. The van der Waals surface area contributed by atoms with E-state index in [2.05, 4.69) is 182 Å². The molecule has 2 heterocycles. The van der Waals surface area contributed by atoms with Gasteiger partial charge in [0.05, 0.1) is 11.0 Å². The topological polar surface area (TPSA) is 9.86 Å². The predicted molar refractivity (Wildman–Crippen MR) is 205 cm³/mol. The maximum absolute atomic E-state index is 2.47. The molecule has 0 atom stereocenters. The molecule has 0 aliphatic carbocycles. The highest BCUT2D eigenvalue weighted by Crippen LogP contribution is 2.48. The van der Waals surface area contributed by atoms with E-state index in [9.17, 15) is 0 Å². The summed E-state index contributed by atoms with van der Waals surface area (Å²) in [5, 5.41) is 7.68. The first-order valence-electron chi connectivity index (χ1n) is 16.8. The molecule has 0 N–H and O–H groups in total. The molecule has 0 radical (unpaired) electrons. The Bertz CT molecular complexity index is 2470. The Balaban J connectivity index is 1.53. The molecule has 2 heteroatoms. The van der Waals surface area contributed by atoms with Crippen LogP contribution in [-0.2, 0) is 0 Å². The molecule has 230 valence electrons. The fraction of sp³-hybridized carbons (Fsp3) is 0.0870. The molecule has 7 aromatic carbocycles. The van der Waals surface area contributed by atoms with Gasteiger partial charge in [-0.25, -0.2) is 0 Å². The van der Waals surface area contributed by atoms with Gasteiger partial charge >= 0.3 is 0 Å². The molecule has 2 aromatic heterocycles. The Kier molecular flexibility index (Phi) is 6.42. The summed E-state index contributed by atoms with van der Waals surface area (Å²) in [7, 11) is 0. The van der Waals surface area contributed by atoms with Crippen LogP contribution in [0.5, 0.6) is 0 Å². The zero-order valence-electron chi connectivity index (χ0n) is 27.8. The van der Waals surface area contributed by atoms with Gasteiger partial charge in [-0.2, -0.15) is 0 Å². The second kappa shape index (κ2) is 10.9. The molecule has 0 aliphatic rings. The fourth-order valence-corrected chi connectivity index (χ4v) is 8.00. The lowest BCUT2D eigenvalue weighted by atomic mass is 9.84. The third-order valence-electron chi connectivity index (χ3n) is 10.5. The van der Waals surface area contributed by atoms with Crippen LogP contribution < -0.4 is 0 Å². The van der Waals surface area contributed by atoms with E-state index in [0.717, 1.165) is 0 Å². The van der Waals surface area contributed by atoms with E-state index in [0.29, 0.717) is 0 Å². The Morgan fingerprint density at radius 1 is 0.333 bits per heavy atom. The molecule has 0 bridgehead atoms. The van der Waals surface area contributed by atoms with Crippen LogP contribution in [0.1, 0.15) is 22.5 Å². The normalized spacial score (nSPS) is 11.8. The molecular weight excluding hydrogens is 581 g/mol. The van der Waals surface area contributed by atoms with Crippen LogP contribution in [0.15, 0.2) is 146 Å². The molecule has 0 unspecified atom stereocenters. The van der Waals surface area contributed by atoms with Crippen molar-refractivity contribution in [3.05, 3.63) is 168 Å². The highest BCUT2D eigenvalue weighted by Gasteiger charge is 2.23. The lowest BCUT2D eigenvalue weighted by molar-refractivity contribution is 1.04. The predicted octanol–water partition coefficient (Wildman–Crippen LogP) is 12.4. The molecule has 2 nitrogen and oxygen atoms in total. The van der Waals surface area contributed by atoms with E-state index in [1.807, 2.05) is 0 Å². The standard InChI is InChI=1S/C46H36N2/c1-29-31(3)47(35-21-13-7-14-22-35)43-27-41-39(25-37(29)43)45(33-17-9-5-10-18-33)42-28-44-38(26-40(42)46(41)34-19-11-6-12-20-34)30(2)32(4)48(44)36-23-15-8-16-24-36/h5-28H,1-4H3. The van der Waals surface area contributed by atoms with Crippen LogP contribution >= 0.6 is 0 Å². The molecule has 9 rings (SSSR count). The van der Waals surface area contributed by atoms with Gasteiger partial charge in [-0.15, -0.1) is 0 Å². The van der Waals surface area contributed by atoms with Crippen molar-refractivity contribution in [1.82, 2.24) is 9.13 Å². The van der Waals surface area contributed by atoms with Gasteiger partial charge in [0.1, 0.15) is 0 Å². The van der Waals surface area contributed by atoms with E-state index in [-0.39, 0.29) is 0 Å².